The molecular weight excluding hydrogens is 360 g/mol. The molecule has 1 fully saturated rings. The van der Waals surface area contributed by atoms with Gasteiger partial charge >= 0.3 is 0 Å². The number of carbonyl (C=O) groups excluding carboxylic acids is 1. The first kappa shape index (κ1) is 18.8. The second-order valence-electron chi connectivity index (χ2n) is 7.26. The van der Waals surface area contributed by atoms with E-state index < -0.39 is 5.54 Å². The highest BCUT2D eigenvalue weighted by Crippen LogP contribution is 2.46. The number of para-hydroxylation sites is 2. The van der Waals surface area contributed by atoms with Crippen molar-refractivity contribution in [1.82, 2.24) is 0 Å². The number of anilines is 1. The average Bonchev–Trinajstić information content (AvgIpc) is 3.11. The van der Waals surface area contributed by atoms with E-state index in [-0.39, 0.29) is 5.91 Å². The van der Waals surface area contributed by atoms with Gasteiger partial charge in [0.1, 0.15) is 12.4 Å². The van der Waals surface area contributed by atoms with Crippen molar-refractivity contribution in [2.75, 3.05) is 4.90 Å². The van der Waals surface area contributed by atoms with E-state index in [4.69, 9.17) is 4.74 Å². The number of nitrogens with zero attached hydrogens (tertiary/aromatic N) is 2. The van der Waals surface area contributed by atoms with Crippen molar-refractivity contribution in [1.29, 1.82) is 5.26 Å². The van der Waals surface area contributed by atoms with Crippen LogP contribution in [0.25, 0.3) is 0 Å². The minimum absolute atomic E-state index is 0.0429. The molecule has 0 spiro atoms. The van der Waals surface area contributed by atoms with E-state index >= 15 is 0 Å². The van der Waals surface area contributed by atoms with E-state index in [1.807, 2.05) is 85.8 Å². The zero-order valence-electron chi connectivity index (χ0n) is 16.3. The molecule has 0 saturated carbocycles. The molecular formula is C25H22N2O2. The molecule has 0 aliphatic carbocycles. The lowest BCUT2D eigenvalue weighted by molar-refractivity contribution is -0.117. The Morgan fingerprint density at radius 2 is 1.69 bits per heavy atom. The third kappa shape index (κ3) is 3.36. The highest BCUT2D eigenvalue weighted by molar-refractivity contribution is 5.99. The Morgan fingerprint density at radius 1 is 1.00 bits per heavy atom. The molecule has 4 nitrogen and oxygen atoms in total. The van der Waals surface area contributed by atoms with Crippen LogP contribution in [0.5, 0.6) is 5.75 Å². The van der Waals surface area contributed by atoms with Crippen LogP contribution in [0.2, 0.25) is 0 Å². The molecule has 3 aromatic rings. The number of hydrogen-bond donors (Lipinski definition) is 0. The fraction of sp³-hybridized carbons (Fsp3) is 0.200. The number of carbonyl (C=O) groups is 1. The van der Waals surface area contributed by atoms with Crippen LogP contribution < -0.4 is 9.64 Å². The standard InChI is InChI=1S/C25H22N2O2/c1-19-9-5-7-13-22(19)27-24(28)15-16-25(27,18-26)21-12-6-8-14-23(21)29-17-20-10-3-2-4-11-20/h2-14H,15-17H2,1H3/t25-/m0/s1. The fourth-order valence-electron chi connectivity index (χ4n) is 3.97. The Labute approximate surface area is 171 Å². The quantitative estimate of drug-likeness (QED) is 0.615. The smallest absolute Gasteiger partial charge is 0.228 e. The predicted molar refractivity (Wildman–Crippen MR) is 112 cm³/mol. The summed E-state index contributed by atoms with van der Waals surface area (Å²) in [6, 6.07) is 27.6. The molecule has 1 aliphatic rings. The van der Waals surface area contributed by atoms with Gasteiger partial charge in [0.05, 0.1) is 6.07 Å². The Bertz CT molecular complexity index is 1070. The molecule has 3 aromatic carbocycles. The number of ether oxygens (including phenoxy) is 1. The van der Waals surface area contributed by atoms with Gasteiger partial charge in [-0.25, -0.2) is 0 Å². The second-order valence-corrected chi connectivity index (χ2v) is 7.26. The van der Waals surface area contributed by atoms with Gasteiger partial charge < -0.3 is 4.74 Å². The van der Waals surface area contributed by atoms with Gasteiger partial charge in [-0.15, -0.1) is 0 Å². The predicted octanol–water partition coefficient (Wildman–Crippen LogP) is 5.12. The number of rotatable bonds is 5. The van der Waals surface area contributed by atoms with Crippen LogP contribution in [0.3, 0.4) is 0 Å². The molecule has 4 rings (SSSR count). The summed E-state index contributed by atoms with van der Waals surface area (Å²) in [5, 5.41) is 10.3. The molecule has 1 amide bonds. The SMILES string of the molecule is Cc1ccccc1N1C(=O)CC[C@]1(C#N)c1ccccc1OCc1ccccc1. The molecule has 0 N–H and O–H groups in total. The summed E-state index contributed by atoms with van der Waals surface area (Å²) < 4.78 is 6.12. The molecule has 1 aliphatic heterocycles. The number of nitriles is 1. The maximum atomic E-state index is 12.9. The van der Waals surface area contributed by atoms with Crippen LogP contribution in [-0.4, -0.2) is 5.91 Å². The Balaban J connectivity index is 1.76. The van der Waals surface area contributed by atoms with E-state index in [1.54, 1.807) is 4.90 Å². The Morgan fingerprint density at radius 3 is 2.45 bits per heavy atom. The van der Waals surface area contributed by atoms with Crippen LogP contribution in [0.1, 0.15) is 29.5 Å². The number of hydrogen-bond acceptors (Lipinski definition) is 3. The fourth-order valence-corrected chi connectivity index (χ4v) is 3.97. The Hall–Kier alpha value is -3.58. The van der Waals surface area contributed by atoms with E-state index in [1.165, 1.54) is 0 Å². The van der Waals surface area contributed by atoms with Crippen molar-refractivity contribution in [3.05, 3.63) is 95.6 Å². The summed E-state index contributed by atoms with van der Waals surface area (Å²) in [6.45, 7) is 2.36. The van der Waals surface area contributed by atoms with Crippen molar-refractivity contribution in [3.8, 4) is 11.8 Å². The number of benzene rings is 3. The van der Waals surface area contributed by atoms with Crippen molar-refractivity contribution in [2.24, 2.45) is 0 Å². The van der Waals surface area contributed by atoms with E-state index in [0.29, 0.717) is 25.2 Å². The molecule has 1 saturated heterocycles. The summed E-state index contributed by atoms with van der Waals surface area (Å²) in [6.07, 6.45) is 0.761. The summed E-state index contributed by atoms with van der Waals surface area (Å²) in [4.78, 5) is 14.6. The summed E-state index contributed by atoms with van der Waals surface area (Å²) >= 11 is 0. The van der Waals surface area contributed by atoms with E-state index in [0.717, 1.165) is 22.4 Å². The van der Waals surface area contributed by atoms with Crippen molar-refractivity contribution in [2.45, 2.75) is 31.9 Å². The lowest BCUT2D eigenvalue weighted by Gasteiger charge is -2.35. The monoisotopic (exact) mass is 382 g/mol. The van der Waals surface area contributed by atoms with Crippen LogP contribution in [-0.2, 0) is 16.9 Å². The first-order valence-electron chi connectivity index (χ1n) is 9.72. The van der Waals surface area contributed by atoms with E-state index in [9.17, 15) is 10.1 Å². The average molecular weight is 382 g/mol. The molecule has 0 radical (unpaired) electrons. The van der Waals surface area contributed by atoms with Gasteiger partial charge in [0, 0.05) is 17.7 Å². The van der Waals surface area contributed by atoms with Crippen molar-refractivity contribution < 1.29 is 9.53 Å². The summed E-state index contributed by atoms with van der Waals surface area (Å²) in [5.41, 5.74) is 2.43. The van der Waals surface area contributed by atoms with Gasteiger partial charge in [0.2, 0.25) is 5.91 Å². The molecule has 144 valence electrons. The second kappa shape index (κ2) is 7.81. The minimum atomic E-state index is -1.09. The summed E-state index contributed by atoms with van der Waals surface area (Å²) in [5.74, 6) is 0.588. The maximum Gasteiger partial charge on any atom is 0.228 e. The lowest BCUT2D eigenvalue weighted by atomic mass is 9.87. The highest BCUT2D eigenvalue weighted by atomic mass is 16.5. The van der Waals surface area contributed by atoms with Crippen LogP contribution in [0.15, 0.2) is 78.9 Å². The topological polar surface area (TPSA) is 53.3 Å². The van der Waals surface area contributed by atoms with Crippen molar-refractivity contribution in [3.63, 3.8) is 0 Å². The van der Waals surface area contributed by atoms with Gasteiger partial charge in [-0.05, 0) is 36.6 Å². The zero-order chi connectivity index (χ0) is 20.3. The molecule has 0 aromatic heterocycles. The van der Waals surface area contributed by atoms with Gasteiger partial charge in [0.15, 0.2) is 5.54 Å². The minimum Gasteiger partial charge on any atom is -0.488 e. The molecule has 29 heavy (non-hydrogen) atoms. The maximum absolute atomic E-state index is 12.9. The van der Waals surface area contributed by atoms with Gasteiger partial charge in [-0.3, -0.25) is 9.69 Å². The third-order valence-corrected chi connectivity index (χ3v) is 5.44. The van der Waals surface area contributed by atoms with Gasteiger partial charge in [-0.1, -0.05) is 66.7 Å². The van der Waals surface area contributed by atoms with Gasteiger partial charge in [-0.2, -0.15) is 5.26 Å². The van der Waals surface area contributed by atoms with Crippen molar-refractivity contribution >= 4 is 11.6 Å². The molecule has 0 bridgehead atoms. The summed E-state index contributed by atoms with van der Waals surface area (Å²) in [7, 11) is 0. The largest absolute Gasteiger partial charge is 0.488 e. The highest BCUT2D eigenvalue weighted by Gasteiger charge is 2.50. The zero-order valence-corrected chi connectivity index (χ0v) is 16.3. The number of amides is 1. The molecule has 0 unspecified atom stereocenters. The lowest BCUT2D eigenvalue weighted by Crippen LogP contribution is -2.43. The first-order valence-corrected chi connectivity index (χ1v) is 9.72. The van der Waals surface area contributed by atoms with E-state index in [2.05, 4.69) is 6.07 Å². The molecule has 4 heteroatoms. The number of aryl methyl sites for hydroxylation is 1. The molecule has 1 heterocycles. The van der Waals surface area contributed by atoms with Crippen LogP contribution in [0, 0.1) is 18.3 Å². The van der Waals surface area contributed by atoms with Crippen LogP contribution in [0.4, 0.5) is 5.69 Å². The van der Waals surface area contributed by atoms with Gasteiger partial charge in [0.25, 0.3) is 0 Å². The first-order chi connectivity index (χ1) is 14.2. The Kier molecular flexibility index (Phi) is 5.05. The molecule has 1 atom stereocenters. The third-order valence-electron chi connectivity index (χ3n) is 5.44. The van der Waals surface area contributed by atoms with Crippen LogP contribution >= 0.6 is 0 Å². The normalized spacial score (nSPS) is 18.5.